The van der Waals surface area contributed by atoms with Crippen molar-refractivity contribution >= 4 is 27.1 Å². The smallest absolute Gasteiger partial charge is 0.394 e. The van der Waals surface area contributed by atoms with Crippen LogP contribution in [0.4, 0.5) is 0 Å². The first-order valence-electron chi connectivity index (χ1n) is 4.65. The maximum Gasteiger partial charge on any atom is 0.398 e. The average Bonchev–Trinajstić information content (AvgIpc) is 2.29. The van der Waals surface area contributed by atoms with Crippen LogP contribution in [0.1, 0.15) is 0 Å². The van der Waals surface area contributed by atoms with Crippen LogP contribution in [0.15, 0.2) is 0 Å². The Bertz CT molecular complexity index is 508. The van der Waals surface area contributed by atoms with E-state index >= 15 is 0 Å². The van der Waals surface area contributed by atoms with Crippen molar-refractivity contribution in [3.05, 3.63) is 0 Å². The van der Waals surface area contributed by atoms with Gasteiger partial charge in [-0.15, -0.1) is 0 Å². The first kappa shape index (κ1) is 19.3. The number of hydrogen-bond donors (Lipinski definition) is 5. The SMILES string of the molecule is O=C[C@H](OS(=O)(=O)O)[C@@H](OS(=O)(=O)O)[C@H](O)[C@H](O)CO. The molecule has 0 aliphatic carbocycles. The third-order valence-electron chi connectivity index (χ3n) is 1.84. The maximum atomic E-state index is 10.6. The second-order valence-electron chi connectivity index (χ2n) is 3.35. The minimum atomic E-state index is -5.29. The van der Waals surface area contributed by atoms with Gasteiger partial charge in [-0.05, 0) is 0 Å². The molecule has 0 aromatic heterocycles. The van der Waals surface area contributed by atoms with Crippen molar-refractivity contribution in [1.82, 2.24) is 0 Å². The summed E-state index contributed by atoms with van der Waals surface area (Å²) in [6.45, 7) is -1.12. The minimum absolute atomic E-state index is 0.378. The van der Waals surface area contributed by atoms with Gasteiger partial charge in [0.2, 0.25) is 0 Å². The zero-order valence-corrected chi connectivity index (χ0v) is 11.1. The molecule has 0 aromatic rings. The molecule has 0 radical (unpaired) electrons. The van der Waals surface area contributed by atoms with Crippen molar-refractivity contribution in [2.45, 2.75) is 24.4 Å². The Morgan fingerprint density at radius 2 is 1.45 bits per heavy atom. The van der Waals surface area contributed by atoms with Crippen LogP contribution in [0.3, 0.4) is 0 Å². The molecule has 5 N–H and O–H groups in total. The normalized spacial score (nSPS) is 19.1. The van der Waals surface area contributed by atoms with Gasteiger partial charge in [-0.1, -0.05) is 0 Å². The van der Waals surface area contributed by atoms with Crippen molar-refractivity contribution in [2.24, 2.45) is 0 Å². The second kappa shape index (κ2) is 7.34. The highest BCUT2D eigenvalue weighted by molar-refractivity contribution is 7.81. The summed E-state index contributed by atoms with van der Waals surface area (Å²) in [5, 5.41) is 27.1. The highest BCUT2D eigenvalue weighted by Crippen LogP contribution is 2.15. The van der Waals surface area contributed by atoms with Crippen LogP contribution in [0.25, 0.3) is 0 Å². The molecular formula is C6H12O12S2. The quantitative estimate of drug-likeness (QED) is 0.203. The molecule has 0 aromatic carbocycles. The predicted molar refractivity (Wildman–Crippen MR) is 58.0 cm³/mol. The maximum absolute atomic E-state index is 10.6. The number of aliphatic hydroxyl groups excluding tert-OH is 3. The van der Waals surface area contributed by atoms with E-state index in [4.69, 9.17) is 19.3 Å². The van der Waals surface area contributed by atoms with E-state index in [2.05, 4.69) is 8.37 Å². The Hall–Kier alpha value is -0.710. The zero-order chi connectivity index (χ0) is 16.1. The summed E-state index contributed by atoms with van der Waals surface area (Å²) in [5.74, 6) is 0. The van der Waals surface area contributed by atoms with E-state index in [0.29, 0.717) is 0 Å². The van der Waals surface area contributed by atoms with E-state index in [1.54, 1.807) is 0 Å². The van der Waals surface area contributed by atoms with Crippen LogP contribution < -0.4 is 0 Å². The number of hydrogen-bond acceptors (Lipinski definition) is 10. The zero-order valence-electron chi connectivity index (χ0n) is 9.50. The van der Waals surface area contributed by atoms with Gasteiger partial charge in [0.15, 0.2) is 12.4 Å². The fraction of sp³-hybridized carbons (Fsp3) is 0.833. The van der Waals surface area contributed by atoms with Crippen molar-refractivity contribution in [1.29, 1.82) is 0 Å². The fourth-order valence-corrected chi connectivity index (χ4v) is 2.01. The molecule has 0 fully saturated rings. The van der Waals surface area contributed by atoms with Crippen molar-refractivity contribution in [3.63, 3.8) is 0 Å². The van der Waals surface area contributed by atoms with Crippen molar-refractivity contribution < 1.29 is 54.4 Å². The van der Waals surface area contributed by atoms with E-state index in [1.165, 1.54) is 0 Å². The van der Waals surface area contributed by atoms with E-state index in [1.807, 2.05) is 0 Å². The number of rotatable bonds is 9. The Kier molecular flexibility index (Phi) is 7.08. The standard InChI is InChI=1S/C6H12O12S2/c7-1-3(9)5(10)6(18-20(14,15)16)4(2-8)17-19(11,12)13/h2-7,9-10H,1H2,(H,11,12,13)(H,14,15,16)/t3-,4+,5-,6-/m1/s1. The molecule has 0 aliphatic rings. The Morgan fingerprint density at radius 1 is 1.00 bits per heavy atom. The van der Waals surface area contributed by atoms with E-state index in [0.717, 1.165) is 0 Å². The van der Waals surface area contributed by atoms with Crippen LogP contribution in [-0.2, 0) is 34.0 Å². The molecule has 0 aliphatic heterocycles. The van der Waals surface area contributed by atoms with Gasteiger partial charge in [-0.2, -0.15) is 16.8 Å². The predicted octanol–water partition coefficient (Wildman–Crippen LogP) is -3.72. The van der Waals surface area contributed by atoms with Crippen LogP contribution in [-0.4, -0.2) is 78.6 Å². The molecule has 0 bridgehead atoms. The summed E-state index contributed by atoms with van der Waals surface area (Å²) in [5.41, 5.74) is 0. The largest absolute Gasteiger partial charge is 0.398 e. The van der Waals surface area contributed by atoms with E-state index < -0.39 is 51.8 Å². The van der Waals surface area contributed by atoms with Gasteiger partial charge in [0, 0.05) is 0 Å². The molecule has 0 amide bonds. The van der Waals surface area contributed by atoms with Gasteiger partial charge in [-0.3, -0.25) is 9.11 Å². The summed E-state index contributed by atoms with van der Waals surface area (Å²) in [6, 6.07) is 0. The van der Waals surface area contributed by atoms with Gasteiger partial charge in [0.1, 0.15) is 18.3 Å². The highest BCUT2D eigenvalue weighted by Gasteiger charge is 2.39. The molecule has 0 spiro atoms. The van der Waals surface area contributed by atoms with Gasteiger partial charge >= 0.3 is 20.8 Å². The van der Waals surface area contributed by atoms with Gasteiger partial charge in [0.05, 0.1) is 6.61 Å². The third-order valence-corrected chi connectivity index (χ3v) is 2.77. The summed E-state index contributed by atoms with van der Waals surface area (Å²) < 4.78 is 66.3. The molecule has 0 unspecified atom stereocenters. The number of carbonyl (C=O) groups excluding carboxylic acids is 1. The Labute approximate surface area is 113 Å². The van der Waals surface area contributed by atoms with Crippen LogP contribution >= 0.6 is 0 Å². The van der Waals surface area contributed by atoms with E-state index in [-0.39, 0.29) is 6.29 Å². The van der Waals surface area contributed by atoms with Gasteiger partial charge in [0.25, 0.3) is 0 Å². The number of carbonyl (C=O) groups is 1. The third kappa shape index (κ3) is 7.17. The molecule has 12 nitrogen and oxygen atoms in total. The fourth-order valence-electron chi connectivity index (χ4n) is 1.07. The lowest BCUT2D eigenvalue weighted by Crippen LogP contribution is -2.50. The molecule has 0 saturated heterocycles. The lowest BCUT2D eigenvalue weighted by Gasteiger charge is -2.27. The average molecular weight is 340 g/mol. The molecular weight excluding hydrogens is 328 g/mol. The van der Waals surface area contributed by atoms with Gasteiger partial charge < -0.3 is 20.1 Å². The van der Waals surface area contributed by atoms with Crippen LogP contribution in [0.5, 0.6) is 0 Å². The lowest BCUT2D eigenvalue weighted by molar-refractivity contribution is -0.129. The Balaban J connectivity index is 5.42. The molecule has 20 heavy (non-hydrogen) atoms. The van der Waals surface area contributed by atoms with Crippen LogP contribution in [0, 0.1) is 0 Å². The summed E-state index contributed by atoms with van der Waals surface area (Å²) in [6.07, 6.45) is -9.67. The lowest BCUT2D eigenvalue weighted by atomic mass is 10.0. The molecule has 0 saturated carbocycles. The number of aliphatic hydroxyl groups is 3. The summed E-state index contributed by atoms with van der Waals surface area (Å²) in [7, 11) is -10.5. The second-order valence-corrected chi connectivity index (χ2v) is 5.45. The first-order chi connectivity index (χ1) is 8.91. The summed E-state index contributed by atoms with van der Waals surface area (Å²) >= 11 is 0. The number of aldehydes is 1. The van der Waals surface area contributed by atoms with Crippen molar-refractivity contribution in [2.75, 3.05) is 6.61 Å². The molecule has 0 heterocycles. The molecule has 0 rings (SSSR count). The molecule has 120 valence electrons. The molecule has 4 atom stereocenters. The Morgan fingerprint density at radius 3 is 1.75 bits per heavy atom. The topological polar surface area (TPSA) is 205 Å². The molecule has 14 heteroatoms. The van der Waals surface area contributed by atoms with Crippen molar-refractivity contribution in [3.8, 4) is 0 Å². The summed E-state index contributed by atoms with van der Waals surface area (Å²) in [4.78, 5) is 10.6. The highest BCUT2D eigenvalue weighted by atomic mass is 32.3. The van der Waals surface area contributed by atoms with E-state index in [9.17, 15) is 26.7 Å². The van der Waals surface area contributed by atoms with Crippen LogP contribution in [0.2, 0.25) is 0 Å². The first-order valence-corrected chi connectivity index (χ1v) is 7.38. The monoisotopic (exact) mass is 340 g/mol. The van der Waals surface area contributed by atoms with Gasteiger partial charge in [-0.25, -0.2) is 8.37 Å². The minimum Gasteiger partial charge on any atom is -0.394 e.